The van der Waals surface area contributed by atoms with E-state index >= 15 is 0 Å². The SMILES string of the molecule is C[C@H]1CCCN(C(=O)c2ccc3c(=O)n(C)c(=S)[nH]c3c2)CC1. The summed E-state index contributed by atoms with van der Waals surface area (Å²) >= 11 is 5.15. The molecule has 3 rings (SSSR count). The summed E-state index contributed by atoms with van der Waals surface area (Å²) in [6.07, 6.45) is 3.26. The van der Waals surface area contributed by atoms with Crippen LogP contribution in [-0.2, 0) is 7.05 Å². The average Bonchev–Trinajstić information content (AvgIpc) is 2.76. The van der Waals surface area contributed by atoms with Crippen molar-refractivity contribution in [1.82, 2.24) is 14.5 Å². The molecule has 1 saturated heterocycles. The Labute approximate surface area is 139 Å². The van der Waals surface area contributed by atoms with Crippen LogP contribution in [0.5, 0.6) is 0 Å². The zero-order valence-corrected chi connectivity index (χ0v) is 14.3. The van der Waals surface area contributed by atoms with Crippen LogP contribution in [0.15, 0.2) is 23.0 Å². The average molecular weight is 331 g/mol. The molecule has 0 unspecified atom stereocenters. The summed E-state index contributed by atoms with van der Waals surface area (Å²) in [4.78, 5) is 29.9. The summed E-state index contributed by atoms with van der Waals surface area (Å²) in [5.74, 6) is 0.699. The predicted octanol–water partition coefficient (Wildman–Crippen LogP) is 2.86. The van der Waals surface area contributed by atoms with Gasteiger partial charge in [0.05, 0.1) is 10.9 Å². The first-order valence-corrected chi connectivity index (χ1v) is 8.40. The van der Waals surface area contributed by atoms with E-state index in [0.717, 1.165) is 25.9 Å². The Bertz CT molecular complexity index is 868. The van der Waals surface area contributed by atoms with Gasteiger partial charge in [-0.3, -0.25) is 14.2 Å². The molecule has 6 heteroatoms. The van der Waals surface area contributed by atoms with Gasteiger partial charge in [-0.1, -0.05) is 6.92 Å². The van der Waals surface area contributed by atoms with Crippen molar-refractivity contribution in [1.29, 1.82) is 0 Å². The molecular weight excluding hydrogens is 310 g/mol. The Morgan fingerprint density at radius 3 is 2.87 bits per heavy atom. The lowest BCUT2D eigenvalue weighted by atomic mass is 10.0. The predicted molar refractivity (Wildman–Crippen MR) is 93.3 cm³/mol. The van der Waals surface area contributed by atoms with Gasteiger partial charge in [0.2, 0.25) is 0 Å². The van der Waals surface area contributed by atoms with Crippen molar-refractivity contribution in [2.75, 3.05) is 13.1 Å². The van der Waals surface area contributed by atoms with E-state index in [9.17, 15) is 9.59 Å². The van der Waals surface area contributed by atoms with Crippen molar-refractivity contribution in [3.05, 3.63) is 38.9 Å². The number of aromatic nitrogens is 2. The van der Waals surface area contributed by atoms with Gasteiger partial charge in [0.1, 0.15) is 0 Å². The van der Waals surface area contributed by atoms with Crippen LogP contribution < -0.4 is 5.56 Å². The maximum absolute atomic E-state index is 12.7. The summed E-state index contributed by atoms with van der Waals surface area (Å²) in [6, 6.07) is 5.18. The van der Waals surface area contributed by atoms with Crippen molar-refractivity contribution in [2.24, 2.45) is 13.0 Å². The van der Waals surface area contributed by atoms with Crippen molar-refractivity contribution < 1.29 is 4.79 Å². The van der Waals surface area contributed by atoms with E-state index in [4.69, 9.17) is 12.2 Å². The Hall–Kier alpha value is -1.95. The fourth-order valence-corrected chi connectivity index (χ4v) is 3.28. The maximum Gasteiger partial charge on any atom is 0.261 e. The molecule has 5 nitrogen and oxygen atoms in total. The lowest BCUT2D eigenvalue weighted by Gasteiger charge is -2.20. The Morgan fingerprint density at radius 1 is 1.30 bits per heavy atom. The second-order valence-corrected chi connectivity index (χ2v) is 6.77. The zero-order valence-electron chi connectivity index (χ0n) is 13.5. The topological polar surface area (TPSA) is 58.1 Å². The number of carbonyl (C=O) groups is 1. The number of nitrogens with zero attached hydrogens (tertiary/aromatic N) is 2. The number of rotatable bonds is 1. The standard InChI is InChI=1S/C17H21N3O2S/c1-11-4-3-8-20(9-7-11)15(21)12-5-6-13-14(10-12)18-17(23)19(2)16(13)22/h5-6,10-11H,3-4,7-9H2,1-2H3,(H,18,23)/t11-/m0/s1. The number of carbonyl (C=O) groups excluding carboxylic acids is 1. The number of fused-ring (bicyclic) bond motifs is 1. The third kappa shape index (κ3) is 3.08. The van der Waals surface area contributed by atoms with Gasteiger partial charge >= 0.3 is 0 Å². The molecule has 0 aliphatic carbocycles. The van der Waals surface area contributed by atoms with Crippen LogP contribution in [0.4, 0.5) is 0 Å². The Morgan fingerprint density at radius 2 is 2.09 bits per heavy atom. The minimum atomic E-state index is -0.147. The van der Waals surface area contributed by atoms with Crippen LogP contribution in [0.3, 0.4) is 0 Å². The van der Waals surface area contributed by atoms with Gasteiger partial charge in [-0.25, -0.2) is 0 Å². The number of H-pyrrole nitrogens is 1. The molecule has 1 aromatic heterocycles. The fraction of sp³-hybridized carbons (Fsp3) is 0.471. The number of likely N-dealkylation sites (tertiary alicyclic amines) is 1. The molecule has 23 heavy (non-hydrogen) atoms. The van der Waals surface area contributed by atoms with Crippen molar-refractivity contribution >= 4 is 29.0 Å². The highest BCUT2D eigenvalue weighted by atomic mass is 32.1. The van der Waals surface area contributed by atoms with Gasteiger partial charge < -0.3 is 9.88 Å². The van der Waals surface area contributed by atoms with Crippen molar-refractivity contribution in [3.8, 4) is 0 Å². The van der Waals surface area contributed by atoms with Crippen molar-refractivity contribution in [3.63, 3.8) is 0 Å². The van der Waals surface area contributed by atoms with Gasteiger partial charge in [0.25, 0.3) is 11.5 Å². The molecule has 0 spiro atoms. The molecule has 2 aromatic rings. The second-order valence-electron chi connectivity index (χ2n) is 6.38. The van der Waals surface area contributed by atoms with Crippen LogP contribution in [0.25, 0.3) is 10.9 Å². The van der Waals surface area contributed by atoms with Crippen LogP contribution in [0.2, 0.25) is 0 Å². The van der Waals surface area contributed by atoms with Crippen molar-refractivity contribution in [2.45, 2.75) is 26.2 Å². The molecule has 1 aromatic carbocycles. The summed E-state index contributed by atoms with van der Waals surface area (Å²) in [5.41, 5.74) is 1.07. The zero-order chi connectivity index (χ0) is 16.6. The first kappa shape index (κ1) is 15.9. The molecule has 1 aliphatic heterocycles. The lowest BCUT2D eigenvalue weighted by Crippen LogP contribution is -2.32. The van der Waals surface area contributed by atoms with Gasteiger partial charge in [0, 0.05) is 25.7 Å². The fourth-order valence-electron chi connectivity index (χ4n) is 3.09. The van der Waals surface area contributed by atoms with Crippen LogP contribution in [-0.4, -0.2) is 33.4 Å². The summed E-state index contributed by atoms with van der Waals surface area (Å²) in [5, 5.41) is 0.544. The lowest BCUT2D eigenvalue weighted by molar-refractivity contribution is 0.0760. The second kappa shape index (κ2) is 6.28. The van der Waals surface area contributed by atoms with Gasteiger partial charge in [-0.05, 0) is 55.6 Å². The molecule has 0 bridgehead atoms. The summed E-state index contributed by atoms with van der Waals surface area (Å²) in [7, 11) is 1.64. The maximum atomic E-state index is 12.7. The monoisotopic (exact) mass is 331 g/mol. The third-order valence-electron chi connectivity index (χ3n) is 4.65. The molecule has 1 aliphatic rings. The van der Waals surface area contributed by atoms with E-state index < -0.39 is 0 Å². The normalized spacial score (nSPS) is 18.9. The molecular formula is C17H21N3O2S. The highest BCUT2D eigenvalue weighted by molar-refractivity contribution is 7.71. The molecule has 2 heterocycles. The quantitative estimate of drug-likeness (QED) is 0.818. The largest absolute Gasteiger partial charge is 0.339 e. The minimum absolute atomic E-state index is 0.0287. The summed E-state index contributed by atoms with van der Waals surface area (Å²) in [6.45, 7) is 3.83. The number of benzene rings is 1. The van der Waals surface area contributed by atoms with Gasteiger partial charge in [-0.15, -0.1) is 0 Å². The molecule has 0 saturated carbocycles. The first-order valence-electron chi connectivity index (χ1n) is 7.99. The number of hydrogen-bond donors (Lipinski definition) is 1. The number of hydrogen-bond acceptors (Lipinski definition) is 3. The third-order valence-corrected chi connectivity index (χ3v) is 5.03. The first-order chi connectivity index (χ1) is 11.0. The van der Waals surface area contributed by atoms with E-state index in [1.54, 1.807) is 25.2 Å². The van der Waals surface area contributed by atoms with Gasteiger partial charge in [0.15, 0.2) is 4.77 Å². The molecule has 1 atom stereocenters. The van der Waals surface area contributed by atoms with E-state index in [0.29, 0.717) is 27.2 Å². The molecule has 0 radical (unpaired) electrons. The molecule has 122 valence electrons. The Kier molecular flexibility index (Phi) is 4.35. The van der Waals surface area contributed by atoms with E-state index in [2.05, 4.69) is 11.9 Å². The van der Waals surface area contributed by atoms with Crippen LogP contribution >= 0.6 is 12.2 Å². The van der Waals surface area contributed by atoms with Gasteiger partial charge in [-0.2, -0.15) is 0 Å². The van der Waals surface area contributed by atoms with Crippen LogP contribution in [0, 0.1) is 10.7 Å². The number of amides is 1. The minimum Gasteiger partial charge on any atom is -0.339 e. The highest BCUT2D eigenvalue weighted by Crippen LogP contribution is 2.19. The molecule has 1 N–H and O–H groups in total. The van der Waals surface area contributed by atoms with E-state index in [1.165, 1.54) is 11.0 Å². The van der Waals surface area contributed by atoms with Crippen LogP contribution in [0.1, 0.15) is 36.5 Å². The van der Waals surface area contributed by atoms with E-state index in [-0.39, 0.29) is 11.5 Å². The smallest absolute Gasteiger partial charge is 0.261 e. The number of nitrogens with one attached hydrogen (secondary N) is 1. The molecule has 1 amide bonds. The Balaban J connectivity index is 1.97. The van der Waals surface area contributed by atoms with E-state index in [1.807, 2.05) is 4.90 Å². The molecule has 1 fully saturated rings. The number of aromatic amines is 1. The highest BCUT2D eigenvalue weighted by Gasteiger charge is 2.20. The summed E-state index contributed by atoms with van der Waals surface area (Å²) < 4.78 is 1.76.